The molecule has 5 heteroatoms. The monoisotopic (exact) mass is 369 g/mol. The molecule has 0 heterocycles. The van der Waals surface area contributed by atoms with Gasteiger partial charge < -0.3 is 20.3 Å². The van der Waals surface area contributed by atoms with Crippen LogP contribution in [0, 0.1) is 6.92 Å². The maximum atomic E-state index is 12.2. The molecule has 0 atom stereocenters. The fourth-order valence-electron chi connectivity index (χ4n) is 2.90. The van der Waals surface area contributed by atoms with Crippen molar-refractivity contribution >= 4 is 23.0 Å². The van der Waals surface area contributed by atoms with E-state index >= 15 is 0 Å². The molecule has 0 aromatic heterocycles. The predicted molar refractivity (Wildman–Crippen MR) is 114 cm³/mol. The van der Waals surface area contributed by atoms with Gasteiger partial charge in [0.05, 0.1) is 12.6 Å². The first-order valence-corrected chi connectivity index (χ1v) is 9.59. The molecule has 0 saturated carbocycles. The van der Waals surface area contributed by atoms with E-state index in [9.17, 15) is 4.79 Å². The summed E-state index contributed by atoms with van der Waals surface area (Å²) in [5.74, 6) is 0.713. The average molecular weight is 370 g/mol. The van der Waals surface area contributed by atoms with Crippen molar-refractivity contribution in [2.24, 2.45) is 0 Å². The summed E-state index contributed by atoms with van der Waals surface area (Å²) in [7, 11) is 0. The molecule has 0 aliphatic carbocycles. The lowest BCUT2D eigenvalue weighted by Crippen LogP contribution is -2.23. The Kier molecular flexibility index (Phi) is 7.53. The molecule has 0 spiro atoms. The standard InChI is InChI=1S/C22H31N3O2/c1-6-25(7-2)19-10-13-21(17(5)14-19)23-15-22(26)24-18-8-11-20(12-9-18)27-16(3)4/h8-14,16,23H,6-7,15H2,1-5H3,(H,24,26). The number of carbonyl (C=O) groups is 1. The molecule has 0 bridgehead atoms. The number of benzene rings is 2. The lowest BCUT2D eigenvalue weighted by atomic mass is 10.1. The minimum Gasteiger partial charge on any atom is -0.491 e. The third-order valence-corrected chi connectivity index (χ3v) is 4.29. The number of hydrogen-bond acceptors (Lipinski definition) is 4. The van der Waals surface area contributed by atoms with Gasteiger partial charge in [0.2, 0.25) is 5.91 Å². The second-order valence-corrected chi connectivity index (χ2v) is 6.76. The van der Waals surface area contributed by atoms with Gasteiger partial charge in [0.15, 0.2) is 0 Å². The van der Waals surface area contributed by atoms with Gasteiger partial charge in [-0.2, -0.15) is 0 Å². The molecule has 0 saturated heterocycles. The van der Waals surface area contributed by atoms with Crippen LogP contribution in [-0.4, -0.2) is 31.6 Å². The maximum absolute atomic E-state index is 12.2. The van der Waals surface area contributed by atoms with Crippen LogP contribution >= 0.6 is 0 Å². The van der Waals surface area contributed by atoms with Gasteiger partial charge >= 0.3 is 0 Å². The third kappa shape index (κ3) is 6.20. The summed E-state index contributed by atoms with van der Waals surface area (Å²) in [5, 5.41) is 6.11. The van der Waals surface area contributed by atoms with Gasteiger partial charge in [0, 0.05) is 30.2 Å². The molecule has 2 N–H and O–H groups in total. The van der Waals surface area contributed by atoms with E-state index in [1.54, 1.807) is 0 Å². The molecule has 0 radical (unpaired) electrons. The van der Waals surface area contributed by atoms with Gasteiger partial charge in [0.25, 0.3) is 0 Å². The quantitative estimate of drug-likeness (QED) is 0.674. The molecular weight excluding hydrogens is 338 g/mol. The molecule has 5 nitrogen and oxygen atoms in total. The summed E-state index contributed by atoms with van der Waals surface area (Å²) < 4.78 is 5.61. The highest BCUT2D eigenvalue weighted by Gasteiger charge is 2.07. The number of aryl methyl sites for hydroxylation is 1. The number of hydrogen-bond donors (Lipinski definition) is 2. The first-order valence-electron chi connectivity index (χ1n) is 9.59. The number of rotatable bonds is 9. The molecule has 0 aliphatic heterocycles. The van der Waals surface area contributed by atoms with Crippen LogP contribution in [0.5, 0.6) is 5.75 Å². The van der Waals surface area contributed by atoms with Crippen LogP contribution in [0.1, 0.15) is 33.3 Å². The molecule has 2 aromatic rings. The maximum Gasteiger partial charge on any atom is 0.243 e. The molecule has 2 rings (SSSR count). The summed E-state index contributed by atoms with van der Waals surface area (Å²) in [4.78, 5) is 14.5. The molecule has 0 unspecified atom stereocenters. The van der Waals surface area contributed by atoms with Crippen LogP contribution < -0.4 is 20.3 Å². The van der Waals surface area contributed by atoms with Crippen molar-refractivity contribution in [1.82, 2.24) is 0 Å². The first-order chi connectivity index (χ1) is 12.9. The highest BCUT2D eigenvalue weighted by atomic mass is 16.5. The van der Waals surface area contributed by atoms with Crippen LogP contribution in [0.3, 0.4) is 0 Å². The van der Waals surface area contributed by atoms with Crippen molar-refractivity contribution in [3.63, 3.8) is 0 Å². The SMILES string of the molecule is CCN(CC)c1ccc(NCC(=O)Nc2ccc(OC(C)C)cc2)c(C)c1. The van der Waals surface area contributed by atoms with E-state index < -0.39 is 0 Å². The predicted octanol–water partition coefficient (Wildman–Crippen LogP) is 4.68. The third-order valence-electron chi connectivity index (χ3n) is 4.29. The van der Waals surface area contributed by atoms with E-state index in [4.69, 9.17) is 4.74 Å². The zero-order chi connectivity index (χ0) is 19.8. The van der Waals surface area contributed by atoms with Gasteiger partial charge in [0.1, 0.15) is 5.75 Å². The Morgan fingerprint density at radius 1 is 1.07 bits per heavy atom. The lowest BCUT2D eigenvalue weighted by Gasteiger charge is -2.22. The van der Waals surface area contributed by atoms with Gasteiger partial charge in [-0.25, -0.2) is 0 Å². The summed E-state index contributed by atoms with van der Waals surface area (Å²) >= 11 is 0. The molecule has 1 amide bonds. The second-order valence-electron chi connectivity index (χ2n) is 6.76. The Bertz CT molecular complexity index is 738. The van der Waals surface area contributed by atoms with Crippen molar-refractivity contribution in [2.75, 3.05) is 35.2 Å². The fourth-order valence-corrected chi connectivity index (χ4v) is 2.90. The highest BCUT2D eigenvalue weighted by Crippen LogP contribution is 2.22. The minimum absolute atomic E-state index is 0.0836. The Morgan fingerprint density at radius 2 is 1.74 bits per heavy atom. The topological polar surface area (TPSA) is 53.6 Å². The van der Waals surface area contributed by atoms with Crippen LogP contribution in [0.15, 0.2) is 42.5 Å². The molecule has 0 fully saturated rings. The smallest absolute Gasteiger partial charge is 0.243 e. The number of nitrogens with one attached hydrogen (secondary N) is 2. The first kappa shape index (κ1) is 20.6. The van der Waals surface area contributed by atoms with E-state index in [1.807, 2.05) is 44.2 Å². The molecular formula is C22H31N3O2. The Balaban J connectivity index is 1.89. The van der Waals surface area contributed by atoms with Gasteiger partial charge in [-0.1, -0.05) is 0 Å². The van der Waals surface area contributed by atoms with Gasteiger partial charge in [-0.05, 0) is 82.6 Å². The molecule has 146 valence electrons. The van der Waals surface area contributed by atoms with Crippen LogP contribution in [-0.2, 0) is 4.79 Å². The van der Waals surface area contributed by atoms with Crippen LogP contribution in [0.25, 0.3) is 0 Å². The van der Waals surface area contributed by atoms with Gasteiger partial charge in [-0.15, -0.1) is 0 Å². The fraction of sp³-hybridized carbons (Fsp3) is 0.409. The number of anilines is 3. The normalized spacial score (nSPS) is 10.6. The second kappa shape index (κ2) is 9.86. The zero-order valence-electron chi connectivity index (χ0n) is 17.0. The largest absolute Gasteiger partial charge is 0.491 e. The van der Waals surface area contributed by atoms with Crippen molar-refractivity contribution in [1.29, 1.82) is 0 Å². The highest BCUT2D eigenvalue weighted by molar-refractivity contribution is 5.93. The van der Waals surface area contributed by atoms with Crippen molar-refractivity contribution in [3.05, 3.63) is 48.0 Å². The Labute approximate surface area is 162 Å². The summed E-state index contributed by atoms with van der Waals surface area (Å²) in [6.07, 6.45) is 0.131. The summed E-state index contributed by atoms with van der Waals surface area (Å²) in [5.41, 5.74) is 4.06. The average Bonchev–Trinajstić information content (AvgIpc) is 2.63. The summed E-state index contributed by atoms with van der Waals surface area (Å²) in [6, 6.07) is 13.7. The zero-order valence-corrected chi connectivity index (χ0v) is 17.0. The van der Waals surface area contributed by atoms with Crippen molar-refractivity contribution in [2.45, 2.75) is 40.7 Å². The minimum atomic E-state index is -0.0836. The van der Waals surface area contributed by atoms with E-state index in [0.29, 0.717) is 0 Å². The van der Waals surface area contributed by atoms with Crippen LogP contribution in [0.4, 0.5) is 17.1 Å². The molecule has 0 aliphatic rings. The van der Waals surface area contributed by atoms with E-state index in [-0.39, 0.29) is 18.6 Å². The van der Waals surface area contributed by atoms with Gasteiger partial charge in [-0.3, -0.25) is 4.79 Å². The number of ether oxygens (including phenoxy) is 1. The number of nitrogens with zero attached hydrogens (tertiary/aromatic N) is 1. The van der Waals surface area contributed by atoms with E-state index in [1.165, 1.54) is 5.69 Å². The Hall–Kier alpha value is -2.69. The van der Waals surface area contributed by atoms with E-state index in [0.717, 1.165) is 35.8 Å². The Morgan fingerprint density at radius 3 is 2.30 bits per heavy atom. The van der Waals surface area contributed by atoms with Crippen molar-refractivity contribution < 1.29 is 9.53 Å². The van der Waals surface area contributed by atoms with Crippen LogP contribution in [0.2, 0.25) is 0 Å². The van der Waals surface area contributed by atoms with Crippen molar-refractivity contribution in [3.8, 4) is 5.75 Å². The number of amides is 1. The molecule has 2 aromatic carbocycles. The lowest BCUT2D eigenvalue weighted by molar-refractivity contribution is -0.114. The number of carbonyl (C=O) groups excluding carboxylic acids is 1. The molecule has 27 heavy (non-hydrogen) atoms. The summed E-state index contributed by atoms with van der Waals surface area (Å²) in [6.45, 7) is 12.5. The van der Waals surface area contributed by atoms with E-state index in [2.05, 4.69) is 48.4 Å².